The predicted octanol–water partition coefficient (Wildman–Crippen LogP) is 5.30. The zero-order chi connectivity index (χ0) is 21.8. The minimum absolute atomic E-state index is 0.116. The van der Waals surface area contributed by atoms with Gasteiger partial charge in [-0.25, -0.2) is 4.39 Å². The van der Waals surface area contributed by atoms with Gasteiger partial charge in [0.05, 0.1) is 18.3 Å². The average Bonchev–Trinajstić information content (AvgIpc) is 3.07. The highest BCUT2D eigenvalue weighted by Crippen LogP contribution is 2.34. The number of benzene rings is 2. The van der Waals surface area contributed by atoms with E-state index < -0.39 is 5.82 Å². The monoisotopic (exact) mass is 427 g/mol. The molecule has 1 N–H and O–H groups in total. The summed E-state index contributed by atoms with van der Waals surface area (Å²) in [5.74, 6) is 0.680. The summed E-state index contributed by atoms with van der Waals surface area (Å²) < 4.78 is 26.4. The molecule has 6 heteroatoms. The van der Waals surface area contributed by atoms with Crippen LogP contribution >= 0.6 is 0 Å². The topological polar surface area (TPSA) is 59.0 Å². The van der Waals surface area contributed by atoms with Crippen molar-refractivity contribution in [2.24, 2.45) is 5.92 Å². The lowest BCUT2D eigenvalue weighted by atomic mass is 9.87. The summed E-state index contributed by atoms with van der Waals surface area (Å²) in [5.41, 5.74) is 0.918. The molecule has 1 fully saturated rings. The van der Waals surface area contributed by atoms with Gasteiger partial charge in [0.25, 0.3) is 5.91 Å². The Morgan fingerprint density at radius 2 is 1.97 bits per heavy atom. The first-order chi connectivity index (χ1) is 15.0. The summed E-state index contributed by atoms with van der Waals surface area (Å²) in [4.78, 5) is 14.7. The Kier molecular flexibility index (Phi) is 6.64. The Hall–Kier alpha value is -2.76. The van der Waals surface area contributed by atoms with Gasteiger partial charge >= 0.3 is 0 Å². The van der Waals surface area contributed by atoms with Crippen LogP contribution in [0.25, 0.3) is 0 Å². The first-order valence-electron chi connectivity index (χ1n) is 11.2. The Morgan fingerprint density at radius 1 is 1.16 bits per heavy atom. The lowest BCUT2D eigenvalue weighted by molar-refractivity contribution is 0.0695. The molecule has 1 heterocycles. The SMILES string of the molecule is CCCCOc1ccc2c(c1F)C(=O)N(CC1CCC(Oc3cccc(O)c3)CC1)C2. The van der Waals surface area contributed by atoms with Crippen LogP contribution in [0.1, 0.15) is 61.4 Å². The number of fused-ring (bicyclic) bond motifs is 1. The third kappa shape index (κ3) is 4.94. The number of phenolic OH excluding ortho intramolecular Hbond substituents is 1. The molecule has 0 radical (unpaired) electrons. The minimum atomic E-state index is -0.524. The molecule has 0 bridgehead atoms. The predicted molar refractivity (Wildman–Crippen MR) is 116 cm³/mol. The standard InChI is InChI=1S/C25H30FNO4/c1-2-3-13-30-22-12-9-18-16-27(25(29)23(18)24(22)26)15-17-7-10-20(11-8-17)31-21-6-4-5-19(28)14-21/h4-6,9,12,14,17,20,28H,2-3,7-8,10-11,13,15-16H2,1H3. The highest BCUT2D eigenvalue weighted by molar-refractivity contribution is 5.99. The van der Waals surface area contributed by atoms with Gasteiger partial charge in [0, 0.05) is 19.2 Å². The molecule has 31 heavy (non-hydrogen) atoms. The van der Waals surface area contributed by atoms with Gasteiger partial charge in [0.2, 0.25) is 0 Å². The number of carbonyl (C=O) groups is 1. The van der Waals surface area contributed by atoms with E-state index in [1.54, 1.807) is 29.2 Å². The molecule has 0 spiro atoms. The van der Waals surface area contributed by atoms with E-state index in [0.717, 1.165) is 44.1 Å². The van der Waals surface area contributed by atoms with Crippen molar-refractivity contribution in [2.45, 2.75) is 58.1 Å². The fraction of sp³-hybridized carbons (Fsp3) is 0.480. The molecule has 2 aromatic carbocycles. The van der Waals surface area contributed by atoms with Crippen LogP contribution in [0.15, 0.2) is 36.4 Å². The summed E-state index contributed by atoms with van der Waals surface area (Å²) in [7, 11) is 0. The van der Waals surface area contributed by atoms with Crippen LogP contribution in [-0.4, -0.2) is 35.2 Å². The van der Waals surface area contributed by atoms with Gasteiger partial charge in [-0.3, -0.25) is 4.79 Å². The maximum absolute atomic E-state index is 14.9. The molecule has 0 aromatic heterocycles. The number of nitrogens with zero attached hydrogens (tertiary/aromatic N) is 1. The summed E-state index contributed by atoms with van der Waals surface area (Å²) in [5, 5.41) is 9.58. The first kappa shape index (κ1) is 21.5. The van der Waals surface area contributed by atoms with Crippen LogP contribution in [0.5, 0.6) is 17.2 Å². The maximum Gasteiger partial charge on any atom is 0.257 e. The molecule has 4 rings (SSSR count). The number of amides is 1. The van der Waals surface area contributed by atoms with Gasteiger partial charge in [-0.05, 0) is 61.8 Å². The van der Waals surface area contributed by atoms with Crippen molar-refractivity contribution in [3.05, 3.63) is 53.3 Å². The zero-order valence-corrected chi connectivity index (χ0v) is 18.0. The second-order valence-corrected chi connectivity index (χ2v) is 8.56. The van der Waals surface area contributed by atoms with E-state index in [2.05, 4.69) is 6.92 Å². The molecule has 0 atom stereocenters. The van der Waals surface area contributed by atoms with E-state index >= 15 is 0 Å². The van der Waals surface area contributed by atoms with Gasteiger partial charge in [-0.1, -0.05) is 25.5 Å². The molecule has 1 amide bonds. The van der Waals surface area contributed by atoms with Crippen LogP contribution in [0.3, 0.4) is 0 Å². The number of unbranched alkanes of at least 4 members (excludes halogenated alkanes) is 1. The number of hydrogen-bond acceptors (Lipinski definition) is 4. The summed E-state index contributed by atoms with van der Waals surface area (Å²) in [6.07, 6.45) is 5.66. The van der Waals surface area contributed by atoms with Gasteiger partial charge in [-0.2, -0.15) is 0 Å². The quantitative estimate of drug-likeness (QED) is 0.581. The van der Waals surface area contributed by atoms with Crippen molar-refractivity contribution >= 4 is 5.91 Å². The van der Waals surface area contributed by atoms with E-state index in [1.807, 2.05) is 12.1 Å². The molecule has 1 aliphatic carbocycles. The molecule has 2 aliphatic rings. The van der Waals surface area contributed by atoms with Crippen molar-refractivity contribution in [1.29, 1.82) is 0 Å². The third-order valence-electron chi connectivity index (χ3n) is 6.20. The number of aromatic hydroxyl groups is 1. The first-order valence-corrected chi connectivity index (χ1v) is 11.2. The number of rotatable bonds is 8. The van der Waals surface area contributed by atoms with E-state index in [0.29, 0.717) is 31.4 Å². The molecule has 166 valence electrons. The molecule has 0 unspecified atom stereocenters. The fourth-order valence-electron chi connectivity index (χ4n) is 4.47. The maximum atomic E-state index is 14.9. The van der Waals surface area contributed by atoms with Gasteiger partial charge in [0.1, 0.15) is 11.5 Å². The highest BCUT2D eigenvalue weighted by Gasteiger charge is 2.34. The van der Waals surface area contributed by atoms with E-state index in [1.165, 1.54) is 0 Å². The van der Waals surface area contributed by atoms with Gasteiger partial charge < -0.3 is 19.5 Å². The average molecular weight is 428 g/mol. The largest absolute Gasteiger partial charge is 0.508 e. The number of ether oxygens (including phenoxy) is 2. The second kappa shape index (κ2) is 9.58. The summed E-state index contributed by atoms with van der Waals surface area (Å²) in [6.45, 7) is 3.60. The van der Waals surface area contributed by atoms with Crippen LogP contribution < -0.4 is 9.47 Å². The normalized spacial score (nSPS) is 20.6. The smallest absolute Gasteiger partial charge is 0.257 e. The molecule has 1 saturated carbocycles. The summed E-state index contributed by atoms with van der Waals surface area (Å²) >= 11 is 0. The number of carbonyl (C=O) groups excluding carboxylic acids is 1. The Balaban J connectivity index is 1.31. The Bertz CT molecular complexity index is 924. The molecule has 0 saturated heterocycles. The summed E-state index contributed by atoms with van der Waals surface area (Å²) in [6, 6.07) is 10.3. The van der Waals surface area contributed by atoms with Crippen LogP contribution in [-0.2, 0) is 6.54 Å². The zero-order valence-electron chi connectivity index (χ0n) is 18.0. The lowest BCUT2D eigenvalue weighted by Crippen LogP contribution is -2.34. The lowest BCUT2D eigenvalue weighted by Gasteiger charge is -2.31. The third-order valence-corrected chi connectivity index (χ3v) is 6.20. The molecular formula is C25H30FNO4. The molecule has 2 aromatic rings. The van der Waals surface area contributed by atoms with E-state index in [4.69, 9.17) is 9.47 Å². The second-order valence-electron chi connectivity index (χ2n) is 8.56. The van der Waals surface area contributed by atoms with Crippen LogP contribution in [0.2, 0.25) is 0 Å². The molecular weight excluding hydrogens is 397 g/mol. The van der Waals surface area contributed by atoms with Gasteiger partial charge in [0.15, 0.2) is 11.6 Å². The van der Waals surface area contributed by atoms with E-state index in [9.17, 15) is 14.3 Å². The van der Waals surface area contributed by atoms with Crippen molar-refractivity contribution in [3.63, 3.8) is 0 Å². The Morgan fingerprint density at radius 3 is 2.71 bits per heavy atom. The Labute approximate surface area is 182 Å². The van der Waals surface area contributed by atoms with Gasteiger partial charge in [-0.15, -0.1) is 0 Å². The highest BCUT2D eigenvalue weighted by atomic mass is 19.1. The van der Waals surface area contributed by atoms with Crippen molar-refractivity contribution in [1.82, 2.24) is 4.90 Å². The van der Waals surface area contributed by atoms with Crippen molar-refractivity contribution < 1.29 is 23.8 Å². The van der Waals surface area contributed by atoms with Crippen LogP contribution in [0.4, 0.5) is 4.39 Å². The number of hydrogen-bond donors (Lipinski definition) is 1. The molecule has 1 aliphatic heterocycles. The van der Waals surface area contributed by atoms with Crippen molar-refractivity contribution in [2.75, 3.05) is 13.2 Å². The molecule has 5 nitrogen and oxygen atoms in total. The number of phenols is 1. The van der Waals surface area contributed by atoms with Crippen LogP contribution in [0, 0.1) is 11.7 Å². The van der Waals surface area contributed by atoms with Crippen molar-refractivity contribution in [3.8, 4) is 17.2 Å². The van der Waals surface area contributed by atoms with E-state index in [-0.39, 0.29) is 29.1 Å². The number of halogens is 1. The fourth-order valence-corrected chi connectivity index (χ4v) is 4.47. The minimum Gasteiger partial charge on any atom is -0.508 e.